The minimum absolute atomic E-state index is 0. The molecule has 0 saturated carbocycles. The van der Waals surface area contributed by atoms with Crippen LogP contribution in [0.3, 0.4) is 0 Å². The average molecular weight is 557 g/mol. The third-order valence-electron chi connectivity index (χ3n) is 5.07. The number of thiophene rings is 1. The Balaban J connectivity index is 0.00000420. The zero-order valence-corrected chi connectivity index (χ0v) is 22.1. The number of rotatable bonds is 10. The highest BCUT2D eigenvalue weighted by Gasteiger charge is 2.25. The van der Waals surface area contributed by atoms with Gasteiger partial charge in [-0.3, -0.25) is 9.89 Å². The normalized spacial score (nSPS) is 17.0. The van der Waals surface area contributed by atoms with Crippen molar-refractivity contribution in [1.82, 2.24) is 15.5 Å². The number of nitrogens with one attached hydrogen (secondary N) is 2. The molecule has 0 spiro atoms. The molecule has 1 fully saturated rings. The van der Waals surface area contributed by atoms with Crippen molar-refractivity contribution in [2.75, 3.05) is 44.7 Å². The third kappa shape index (κ3) is 9.97. The molecule has 6 nitrogen and oxygen atoms in total. The number of aliphatic imine (C=N–C) groups is 1. The Morgan fingerprint density at radius 1 is 1.31 bits per heavy atom. The van der Waals surface area contributed by atoms with E-state index < -0.39 is 9.84 Å². The molecule has 1 unspecified atom stereocenters. The van der Waals surface area contributed by atoms with E-state index in [9.17, 15) is 8.42 Å². The summed E-state index contributed by atoms with van der Waals surface area (Å²) in [5, 5.41) is 8.98. The third-order valence-corrected chi connectivity index (χ3v) is 6.99. The van der Waals surface area contributed by atoms with E-state index >= 15 is 0 Å². The van der Waals surface area contributed by atoms with Crippen molar-refractivity contribution in [3.05, 3.63) is 22.4 Å². The van der Waals surface area contributed by atoms with Crippen LogP contribution in [-0.4, -0.2) is 64.0 Å². The number of hydrogen-bond donors (Lipinski definition) is 2. The summed E-state index contributed by atoms with van der Waals surface area (Å²) in [5.41, 5.74) is -0.159. The number of guanidine groups is 1. The summed E-state index contributed by atoms with van der Waals surface area (Å²) >= 11 is 1.81. The summed E-state index contributed by atoms with van der Waals surface area (Å²) in [5.74, 6) is 1.00. The molecule has 0 aliphatic carbocycles. The molecule has 1 atom stereocenters. The highest BCUT2D eigenvalue weighted by atomic mass is 127. The zero-order chi connectivity index (χ0) is 20.6. The van der Waals surface area contributed by atoms with Crippen molar-refractivity contribution in [2.24, 2.45) is 10.4 Å². The predicted octanol–water partition coefficient (Wildman–Crippen LogP) is 3.52. The van der Waals surface area contributed by atoms with Gasteiger partial charge in [0.05, 0.1) is 11.8 Å². The molecular formula is C20H37IN4O2S2. The number of hydrogen-bond acceptors (Lipinski definition) is 5. The van der Waals surface area contributed by atoms with E-state index in [1.54, 1.807) is 0 Å². The van der Waals surface area contributed by atoms with Crippen molar-refractivity contribution in [3.63, 3.8) is 0 Å². The Hall–Kier alpha value is -0.390. The Labute approximate surface area is 197 Å². The summed E-state index contributed by atoms with van der Waals surface area (Å²) < 4.78 is 22.9. The molecule has 1 aromatic heterocycles. The predicted molar refractivity (Wildman–Crippen MR) is 135 cm³/mol. The molecule has 9 heteroatoms. The maximum absolute atomic E-state index is 11.5. The van der Waals surface area contributed by atoms with Gasteiger partial charge in [-0.05, 0) is 56.1 Å². The molecule has 1 aliphatic heterocycles. The van der Waals surface area contributed by atoms with Crippen LogP contribution in [-0.2, 0) is 9.84 Å². The second kappa shape index (κ2) is 12.5. The lowest BCUT2D eigenvalue weighted by Gasteiger charge is -2.28. The van der Waals surface area contributed by atoms with Gasteiger partial charge in [-0.15, -0.1) is 35.3 Å². The number of likely N-dealkylation sites (tertiary alicyclic amines) is 1. The van der Waals surface area contributed by atoms with Crippen molar-refractivity contribution >= 4 is 51.1 Å². The minimum atomic E-state index is -2.95. The highest BCUT2D eigenvalue weighted by Crippen LogP contribution is 2.28. The molecular weight excluding hydrogens is 519 g/mol. The van der Waals surface area contributed by atoms with Gasteiger partial charge in [0.2, 0.25) is 0 Å². The van der Waals surface area contributed by atoms with Crippen molar-refractivity contribution < 1.29 is 8.42 Å². The lowest BCUT2D eigenvalue weighted by molar-refractivity contribution is 0.249. The molecule has 29 heavy (non-hydrogen) atoms. The van der Waals surface area contributed by atoms with Crippen LogP contribution in [0.5, 0.6) is 0 Å². The van der Waals surface area contributed by atoms with Gasteiger partial charge in [0.1, 0.15) is 9.84 Å². The summed E-state index contributed by atoms with van der Waals surface area (Å²) in [7, 11) is -2.95. The van der Waals surface area contributed by atoms with Gasteiger partial charge >= 0.3 is 0 Å². The largest absolute Gasteiger partial charge is 0.357 e. The quantitative estimate of drug-likeness (QED) is 0.262. The molecule has 1 saturated heterocycles. The zero-order valence-electron chi connectivity index (χ0n) is 18.1. The Morgan fingerprint density at radius 3 is 2.55 bits per heavy atom. The van der Waals surface area contributed by atoms with E-state index in [1.165, 1.54) is 24.0 Å². The van der Waals surface area contributed by atoms with Gasteiger partial charge in [-0.25, -0.2) is 8.42 Å². The molecule has 0 amide bonds. The van der Waals surface area contributed by atoms with Gasteiger partial charge in [-0.1, -0.05) is 19.9 Å². The highest BCUT2D eigenvalue weighted by molar-refractivity contribution is 14.0. The molecule has 2 rings (SSSR count). The van der Waals surface area contributed by atoms with Crippen LogP contribution in [0.2, 0.25) is 0 Å². The molecule has 1 aliphatic rings. The Bertz CT molecular complexity index is 715. The lowest BCUT2D eigenvalue weighted by atomic mass is 9.90. The summed E-state index contributed by atoms with van der Waals surface area (Å²) in [4.78, 5) is 8.69. The Kier molecular flexibility index (Phi) is 11.4. The molecule has 0 bridgehead atoms. The molecule has 0 radical (unpaired) electrons. The number of sulfone groups is 1. The van der Waals surface area contributed by atoms with Gasteiger partial charge in [0.15, 0.2) is 5.96 Å². The fourth-order valence-electron chi connectivity index (χ4n) is 3.31. The molecule has 2 heterocycles. The van der Waals surface area contributed by atoms with Crippen LogP contribution < -0.4 is 10.6 Å². The summed E-state index contributed by atoms with van der Waals surface area (Å²) in [6, 6.07) is 4.70. The van der Waals surface area contributed by atoms with Gasteiger partial charge in [0, 0.05) is 30.8 Å². The standard InChI is InChI=1S/C20H36N4O2S2.HI/c1-5-21-19(23-16-20(2,3)10-14-28(4,25)26)22-15-17(18-9-8-13-27-18)24-11-6-7-12-24;/h8-9,13,17H,5-7,10-12,14-16H2,1-4H3,(H2,21,22,23);1H. The average Bonchev–Trinajstić information content (AvgIpc) is 3.32. The first-order chi connectivity index (χ1) is 13.2. The van der Waals surface area contributed by atoms with Gasteiger partial charge in [0.25, 0.3) is 0 Å². The maximum Gasteiger partial charge on any atom is 0.191 e. The summed E-state index contributed by atoms with van der Waals surface area (Å²) in [6.07, 6.45) is 4.44. The van der Waals surface area contributed by atoms with Crippen LogP contribution in [0, 0.1) is 5.41 Å². The molecule has 168 valence electrons. The van der Waals surface area contributed by atoms with Crippen LogP contribution in [0.1, 0.15) is 51.0 Å². The van der Waals surface area contributed by atoms with E-state index in [0.29, 0.717) is 19.0 Å². The lowest BCUT2D eigenvalue weighted by Crippen LogP contribution is -2.43. The molecule has 0 aromatic carbocycles. The van der Waals surface area contributed by atoms with E-state index in [-0.39, 0.29) is 35.1 Å². The Morgan fingerprint density at radius 2 is 2.00 bits per heavy atom. The van der Waals surface area contributed by atoms with E-state index in [2.05, 4.69) is 53.8 Å². The first-order valence-corrected chi connectivity index (χ1v) is 13.1. The first kappa shape index (κ1) is 26.6. The molecule has 2 N–H and O–H groups in total. The van der Waals surface area contributed by atoms with E-state index in [1.807, 2.05) is 11.3 Å². The van der Waals surface area contributed by atoms with Gasteiger partial charge < -0.3 is 10.6 Å². The minimum Gasteiger partial charge on any atom is -0.357 e. The number of nitrogens with zero attached hydrogens (tertiary/aromatic N) is 2. The van der Waals surface area contributed by atoms with Crippen LogP contribution >= 0.6 is 35.3 Å². The SMILES string of the molecule is CCNC(=NCC(C)(C)CCS(C)(=O)=O)NCC(c1cccs1)N1CCCC1.I. The van der Waals surface area contributed by atoms with Crippen LogP contribution in [0.4, 0.5) is 0 Å². The second-order valence-electron chi connectivity index (χ2n) is 8.39. The molecule has 1 aromatic rings. The topological polar surface area (TPSA) is 73.8 Å². The summed E-state index contributed by atoms with van der Waals surface area (Å²) in [6.45, 7) is 10.7. The van der Waals surface area contributed by atoms with Crippen molar-refractivity contribution in [1.29, 1.82) is 0 Å². The van der Waals surface area contributed by atoms with Gasteiger partial charge in [-0.2, -0.15) is 0 Å². The fraction of sp³-hybridized carbons (Fsp3) is 0.750. The second-order valence-corrected chi connectivity index (χ2v) is 11.6. The van der Waals surface area contributed by atoms with Crippen LogP contribution in [0.15, 0.2) is 22.5 Å². The van der Waals surface area contributed by atoms with E-state index in [4.69, 9.17) is 4.99 Å². The van der Waals surface area contributed by atoms with Crippen LogP contribution in [0.25, 0.3) is 0 Å². The smallest absolute Gasteiger partial charge is 0.191 e. The van der Waals surface area contributed by atoms with E-state index in [0.717, 1.165) is 32.1 Å². The first-order valence-electron chi connectivity index (χ1n) is 10.2. The van der Waals surface area contributed by atoms with Crippen molar-refractivity contribution in [2.45, 2.75) is 46.1 Å². The number of halogens is 1. The van der Waals surface area contributed by atoms with Crippen molar-refractivity contribution in [3.8, 4) is 0 Å². The fourth-order valence-corrected chi connectivity index (χ4v) is 5.10. The monoisotopic (exact) mass is 556 g/mol. The maximum atomic E-state index is 11.5.